The highest BCUT2D eigenvalue weighted by Gasteiger charge is 2.27. The van der Waals surface area contributed by atoms with Gasteiger partial charge < -0.3 is 15.4 Å². The van der Waals surface area contributed by atoms with Crippen LogP contribution in [-0.4, -0.2) is 42.0 Å². The summed E-state index contributed by atoms with van der Waals surface area (Å²) in [6, 6.07) is 3.58. The Hall–Kier alpha value is -1.60. The Labute approximate surface area is 151 Å². The number of rotatable bonds is 7. The van der Waals surface area contributed by atoms with Crippen LogP contribution in [0.1, 0.15) is 25.7 Å². The van der Waals surface area contributed by atoms with E-state index in [9.17, 15) is 0 Å². The molecule has 2 heterocycles. The monoisotopic (exact) mass is 361 g/mol. The molecule has 2 aromatic rings. The van der Waals surface area contributed by atoms with E-state index in [1.54, 1.807) is 6.20 Å². The third-order valence-electron chi connectivity index (χ3n) is 4.96. The summed E-state index contributed by atoms with van der Waals surface area (Å²) in [5, 5.41) is 0. The second kappa shape index (κ2) is 7.33. The van der Waals surface area contributed by atoms with E-state index in [1.165, 1.54) is 31.7 Å². The molecule has 3 rings (SSSR count). The molecular formula is C18H31N5OSi. The Morgan fingerprint density at radius 1 is 1.32 bits per heavy atom. The van der Waals surface area contributed by atoms with Crippen molar-refractivity contribution >= 4 is 30.9 Å². The number of hydrogen-bond donors (Lipinski definition) is 1. The number of aromatic nitrogens is 3. The summed E-state index contributed by atoms with van der Waals surface area (Å²) in [6.45, 7) is 8.57. The van der Waals surface area contributed by atoms with Crippen molar-refractivity contribution in [1.29, 1.82) is 0 Å². The first kappa shape index (κ1) is 18.2. The SMILES string of the molecule is Cn1c(N(COCC[Si](C)(C)C)C2CCCC2)nc2cc(N)cnc21. The molecule has 1 saturated carbocycles. The molecule has 0 radical (unpaired) electrons. The molecule has 25 heavy (non-hydrogen) atoms. The summed E-state index contributed by atoms with van der Waals surface area (Å²) in [4.78, 5) is 11.6. The maximum absolute atomic E-state index is 6.08. The second-order valence-electron chi connectivity index (χ2n) is 8.34. The van der Waals surface area contributed by atoms with Crippen molar-refractivity contribution in [2.75, 3.05) is 24.0 Å². The molecule has 2 N–H and O–H groups in total. The average molecular weight is 362 g/mol. The van der Waals surface area contributed by atoms with Gasteiger partial charge in [0.15, 0.2) is 5.65 Å². The first-order valence-corrected chi connectivity index (χ1v) is 13.0. The van der Waals surface area contributed by atoms with Crippen molar-refractivity contribution in [2.24, 2.45) is 7.05 Å². The van der Waals surface area contributed by atoms with Gasteiger partial charge in [0, 0.05) is 27.8 Å². The predicted octanol–water partition coefficient (Wildman–Crippen LogP) is 3.61. The molecule has 0 unspecified atom stereocenters. The molecule has 1 aliphatic rings. The number of pyridine rings is 1. The maximum Gasteiger partial charge on any atom is 0.209 e. The van der Waals surface area contributed by atoms with E-state index in [-0.39, 0.29) is 0 Å². The zero-order valence-electron chi connectivity index (χ0n) is 16.0. The van der Waals surface area contributed by atoms with Gasteiger partial charge in [-0.2, -0.15) is 0 Å². The number of nitrogen functional groups attached to an aromatic ring is 1. The lowest BCUT2D eigenvalue weighted by Crippen LogP contribution is -2.37. The lowest BCUT2D eigenvalue weighted by Gasteiger charge is -2.30. The van der Waals surface area contributed by atoms with Gasteiger partial charge in [-0.3, -0.25) is 4.57 Å². The highest BCUT2D eigenvalue weighted by atomic mass is 28.3. The van der Waals surface area contributed by atoms with Crippen LogP contribution in [0, 0.1) is 0 Å². The van der Waals surface area contributed by atoms with E-state index in [2.05, 4.69) is 34.1 Å². The normalized spacial score (nSPS) is 16.0. The smallest absolute Gasteiger partial charge is 0.209 e. The Balaban J connectivity index is 1.80. The van der Waals surface area contributed by atoms with Gasteiger partial charge >= 0.3 is 0 Å². The Bertz CT molecular complexity index is 718. The van der Waals surface area contributed by atoms with Crippen molar-refractivity contribution in [2.45, 2.75) is 57.4 Å². The minimum atomic E-state index is -1.07. The van der Waals surface area contributed by atoms with Crippen molar-refractivity contribution in [3.8, 4) is 0 Å². The number of nitrogens with zero attached hydrogens (tertiary/aromatic N) is 4. The summed E-state index contributed by atoms with van der Waals surface area (Å²) in [5.74, 6) is 0.938. The third kappa shape index (κ3) is 4.33. The van der Waals surface area contributed by atoms with E-state index in [4.69, 9.17) is 15.5 Å². The topological polar surface area (TPSA) is 69.2 Å². The number of ether oxygens (including phenoxy) is 1. The van der Waals surface area contributed by atoms with Gasteiger partial charge in [-0.25, -0.2) is 9.97 Å². The highest BCUT2D eigenvalue weighted by molar-refractivity contribution is 6.76. The molecule has 0 spiro atoms. The molecule has 7 heteroatoms. The lowest BCUT2D eigenvalue weighted by atomic mass is 10.2. The van der Waals surface area contributed by atoms with Crippen LogP contribution in [0.4, 0.5) is 11.6 Å². The molecule has 1 aliphatic carbocycles. The molecule has 0 amide bonds. The zero-order chi connectivity index (χ0) is 18.0. The first-order valence-electron chi connectivity index (χ1n) is 9.27. The molecular weight excluding hydrogens is 330 g/mol. The molecule has 2 aromatic heterocycles. The second-order valence-corrected chi connectivity index (χ2v) is 14.0. The van der Waals surface area contributed by atoms with E-state index in [0.717, 1.165) is 23.7 Å². The van der Waals surface area contributed by atoms with E-state index < -0.39 is 8.07 Å². The molecule has 0 saturated heterocycles. The minimum Gasteiger partial charge on any atom is -0.397 e. The Morgan fingerprint density at radius 3 is 2.72 bits per heavy atom. The number of imidazole rings is 1. The van der Waals surface area contributed by atoms with E-state index >= 15 is 0 Å². The number of aryl methyl sites for hydroxylation is 1. The maximum atomic E-state index is 6.08. The van der Waals surface area contributed by atoms with Crippen LogP contribution in [0.3, 0.4) is 0 Å². The van der Waals surface area contributed by atoms with Crippen LogP contribution >= 0.6 is 0 Å². The summed E-state index contributed by atoms with van der Waals surface area (Å²) < 4.78 is 8.14. The van der Waals surface area contributed by atoms with Gasteiger partial charge in [0.1, 0.15) is 12.2 Å². The van der Waals surface area contributed by atoms with Crippen LogP contribution in [0.2, 0.25) is 25.7 Å². The van der Waals surface area contributed by atoms with Gasteiger partial charge in [-0.15, -0.1) is 0 Å². The van der Waals surface area contributed by atoms with Gasteiger partial charge in [0.05, 0.1) is 11.9 Å². The number of nitrogens with two attached hydrogens (primary N) is 1. The van der Waals surface area contributed by atoms with Crippen molar-refractivity contribution in [3.05, 3.63) is 12.3 Å². The van der Waals surface area contributed by atoms with Crippen LogP contribution < -0.4 is 10.6 Å². The number of anilines is 2. The van der Waals surface area contributed by atoms with Crippen molar-refractivity contribution in [3.63, 3.8) is 0 Å². The number of fused-ring (bicyclic) bond motifs is 1. The zero-order valence-corrected chi connectivity index (χ0v) is 17.0. The van der Waals surface area contributed by atoms with Gasteiger partial charge in [0.25, 0.3) is 0 Å². The molecule has 138 valence electrons. The first-order chi connectivity index (χ1) is 11.8. The summed E-state index contributed by atoms with van der Waals surface area (Å²) in [5.41, 5.74) is 8.24. The van der Waals surface area contributed by atoms with Crippen LogP contribution in [0.25, 0.3) is 11.2 Å². The van der Waals surface area contributed by atoms with Gasteiger partial charge in [-0.1, -0.05) is 32.5 Å². The molecule has 0 atom stereocenters. The molecule has 0 bridgehead atoms. The van der Waals surface area contributed by atoms with Gasteiger partial charge in [0.2, 0.25) is 5.95 Å². The Kier molecular flexibility index (Phi) is 5.34. The largest absolute Gasteiger partial charge is 0.397 e. The standard InChI is InChI=1S/C18H31N5OSi/c1-22-17-16(11-14(19)12-20-17)21-18(22)23(15-7-5-6-8-15)13-24-9-10-25(2,3)4/h11-12,15H,5-10,13,19H2,1-4H3. The van der Waals surface area contributed by atoms with E-state index in [1.807, 2.05) is 13.1 Å². The molecule has 6 nitrogen and oxygen atoms in total. The van der Waals surface area contributed by atoms with Crippen molar-refractivity contribution < 1.29 is 4.74 Å². The third-order valence-corrected chi connectivity index (χ3v) is 6.66. The number of hydrogen-bond acceptors (Lipinski definition) is 5. The fourth-order valence-corrected chi connectivity index (χ4v) is 4.18. The highest BCUT2D eigenvalue weighted by Crippen LogP contribution is 2.29. The van der Waals surface area contributed by atoms with Crippen LogP contribution in [-0.2, 0) is 11.8 Å². The van der Waals surface area contributed by atoms with Gasteiger partial charge in [-0.05, 0) is 25.0 Å². The average Bonchev–Trinajstić information content (AvgIpc) is 3.15. The summed E-state index contributed by atoms with van der Waals surface area (Å²) in [6.07, 6.45) is 6.67. The summed E-state index contributed by atoms with van der Waals surface area (Å²) in [7, 11) is 0.954. The van der Waals surface area contributed by atoms with Crippen molar-refractivity contribution in [1.82, 2.24) is 14.5 Å². The fraction of sp³-hybridized carbons (Fsp3) is 0.667. The van der Waals surface area contributed by atoms with E-state index in [0.29, 0.717) is 18.5 Å². The van der Waals surface area contributed by atoms with Crippen LogP contribution in [0.15, 0.2) is 12.3 Å². The predicted molar refractivity (Wildman–Crippen MR) is 107 cm³/mol. The minimum absolute atomic E-state index is 0.500. The summed E-state index contributed by atoms with van der Waals surface area (Å²) >= 11 is 0. The quantitative estimate of drug-likeness (QED) is 0.463. The fourth-order valence-electron chi connectivity index (χ4n) is 3.42. The molecule has 1 fully saturated rings. The Morgan fingerprint density at radius 2 is 2.04 bits per heavy atom. The molecule has 0 aromatic carbocycles. The molecule has 0 aliphatic heterocycles. The lowest BCUT2D eigenvalue weighted by molar-refractivity contribution is 0.139. The van der Waals surface area contributed by atoms with Crippen LogP contribution in [0.5, 0.6) is 0 Å².